The molecule has 6 nitrogen and oxygen atoms in total. The summed E-state index contributed by atoms with van der Waals surface area (Å²) >= 11 is 3.39. The van der Waals surface area contributed by atoms with Gasteiger partial charge in [0.25, 0.3) is 5.91 Å². The summed E-state index contributed by atoms with van der Waals surface area (Å²) in [6, 6.07) is 12.5. The molecule has 0 bridgehead atoms. The molecule has 0 aliphatic carbocycles. The lowest BCUT2D eigenvalue weighted by atomic mass is 10.2. The van der Waals surface area contributed by atoms with Crippen molar-refractivity contribution < 1.29 is 23.8 Å². The van der Waals surface area contributed by atoms with Gasteiger partial charge in [0.15, 0.2) is 6.61 Å². The fourth-order valence-corrected chi connectivity index (χ4v) is 2.31. The predicted octanol–water partition coefficient (Wildman–Crippen LogP) is 3.72. The monoisotopic (exact) mass is 421 g/mol. The molecule has 138 valence electrons. The number of rotatable bonds is 8. The Bertz CT molecular complexity index is 761. The van der Waals surface area contributed by atoms with Crippen molar-refractivity contribution in [2.75, 3.05) is 25.6 Å². The molecule has 0 aliphatic heterocycles. The third kappa shape index (κ3) is 6.40. The van der Waals surface area contributed by atoms with Crippen LogP contribution in [0.2, 0.25) is 0 Å². The van der Waals surface area contributed by atoms with Gasteiger partial charge in [-0.1, -0.05) is 15.9 Å². The molecule has 2 aromatic carbocycles. The topological polar surface area (TPSA) is 73.9 Å². The van der Waals surface area contributed by atoms with Gasteiger partial charge in [0, 0.05) is 10.2 Å². The van der Waals surface area contributed by atoms with Gasteiger partial charge in [-0.2, -0.15) is 0 Å². The SMILES string of the molecule is COc1ccc(OCCC(=O)OCC(=O)Nc2ccc(Br)c(C)c2)cc1. The standard InChI is InChI=1S/C19H20BrNO5/c1-13-11-14(3-8-17(13)20)21-18(22)12-26-19(23)9-10-25-16-6-4-15(24-2)5-7-16/h3-8,11H,9-10,12H2,1-2H3,(H,21,22). The zero-order valence-corrected chi connectivity index (χ0v) is 16.2. The normalized spacial score (nSPS) is 10.1. The summed E-state index contributed by atoms with van der Waals surface area (Å²) in [6.07, 6.45) is 0.0523. The van der Waals surface area contributed by atoms with E-state index in [2.05, 4.69) is 21.2 Å². The Kier molecular flexibility index (Phi) is 7.47. The number of esters is 1. The lowest BCUT2D eigenvalue weighted by Crippen LogP contribution is -2.21. The number of hydrogen-bond donors (Lipinski definition) is 1. The van der Waals surface area contributed by atoms with Crippen LogP contribution in [0.1, 0.15) is 12.0 Å². The Morgan fingerprint density at radius 2 is 1.77 bits per heavy atom. The highest BCUT2D eigenvalue weighted by atomic mass is 79.9. The van der Waals surface area contributed by atoms with Crippen LogP contribution in [0.15, 0.2) is 46.9 Å². The van der Waals surface area contributed by atoms with Crippen LogP contribution in [-0.2, 0) is 14.3 Å². The lowest BCUT2D eigenvalue weighted by molar-refractivity contribution is -0.147. The van der Waals surface area contributed by atoms with Gasteiger partial charge in [-0.25, -0.2) is 0 Å². The Hall–Kier alpha value is -2.54. The van der Waals surface area contributed by atoms with Crippen LogP contribution >= 0.6 is 15.9 Å². The quantitative estimate of drug-likeness (QED) is 0.657. The van der Waals surface area contributed by atoms with Gasteiger partial charge in [-0.3, -0.25) is 9.59 Å². The Morgan fingerprint density at radius 1 is 1.08 bits per heavy atom. The maximum Gasteiger partial charge on any atom is 0.309 e. The lowest BCUT2D eigenvalue weighted by Gasteiger charge is -2.09. The van der Waals surface area contributed by atoms with Crippen molar-refractivity contribution in [3.63, 3.8) is 0 Å². The Morgan fingerprint density at radius 3 is 2.42 bits per heavy atom. The summed E-state index contributed by atoms with van der Waals surface area (Å²) < 4.78 is 16.4. The Balaban J connectivity index is 1.67. The number of hydrogen-bond acceptors (Lipinski definition) is 5. The smallest absolute Gasteiger partial charge is 0.309 e. The molecule has 2 rings (SSSR count). The first-order valence-corrected chi connectivity index (χ1v) is 8.75. The summed E-state index contributed by atoms with van der Waals surface area (Å²) in [5, 5.41) is 2.68. The second-order valence-corrected chi connectivity index (χ2v) is 6.30. The van der Waals surface area contributed by atoms with E-state index < -0.39 is 11.9 Å². The second kappa shape index (κ2) is 9.82. The molecule has 1 N–H and O–H groups in total. The zero-order valence-electron chi connectivity index (χ0n) is 14.6. The van der Waals surface area contributed by atoms with Crippen LogP contribution in [0.3, 0.4) is 0 Å². The third-order valence-electron chi connectivity index (χ3n) is 3.44. The number of carbonyl (C=O) groups is 2. The molecular weight excluding hydrogens is 402 g/mol. The number of amides is 1. The van der Waals surface area contributed by atoms with E-state index in [1.807, 2.05) is 19.1 Å². The number of ether oxygens (including phenoxy) is 3. The molecule has 0 saturated carbocycles. The van der Waals surface area contributed by atoms with E-state index in [4.69, 9.17) is 14.2 Å². The highest BCUT2D eigenvalue weighted by Gasteiger charge is 2.09. The van der Waals surface area contributed by atoms with E-state index in [-0.39, 0.29) is 19.6 Å². The second-order valence-electron chi connectivity index (χ2n) is 5.45. The van der Waals surface area contributed by atoms with E-state index in [0.717, 1.165) is 15.8 Å². The molecule has 26 heavy (non-hydrogen) atoms. The fourth-order valence-electron chi connectivity index (χ4n) is 2.06. The van der Waals surface area contributed by atoms with Gasteiger partial charge >= 0.3 is 5.97 Å². The van der Waals surface area contributed by atoms with Crippen molar-refractivity contribution in [2.24, 2.45) is 0 Å². The number of benzene rings is 2. The molecule has 0 aliphatic rings. The maximum atomic E-state index is 11.8. The average molecular weight is 422 g/mol. The van der Waals surface area contributed by atoms with Crippen LogP contribution in [0.5, 0.6) is 11.5 Å². The molecule has 0 atom stereocenters. The summed E-state index contributed by atoms with van der Waals surface area (Å²) in [4.78, 5) is 23.5. The highest BCUT2D eigenvalue weighted by molar-refractivity contribution is 9.10. The summed E-state index contributed by atoms with van der Waals surface area (Å²) in [5.74, 6) is 0.461. The molecule has 0 spiro atoms. The number of aryl methyl sites for hydroxylation is 1. The summed E-state index contributed by atoms with van der Waals surface area (Å²) in [7, 11) is 1.58. The van der Waals surface area contributed by atoms with Crippen LogP contribution in [-0.4, -0.2) is 32.2 Å². The number of carbonyl (C=O) groups excluding carboxylic acids is 2. The predicted molar refractivity (Wildman–Crippen MR) is 102 cm³/mol. The van der Waals surface area contributed by atoms with Gasteiger partial charge in [0.1, 0.15) is 11.5 Å². The maximum absolute atomic E-state index is 11.8. The van der Waals surface area contributed by atoms with Gasteiger partial charge in [0.2, 0.25) is 0 Å². The van der Waals surface area contributed by atoms with E-state index in [0.29, 0.717) is 11.4 Å². The number of anilines is 1. The average Bonchev–Trinajstić information content (AvgIpc) is 2.63. The molecule has 0 heterocycles. The van der Waals surface area contributed by atoms with Crippen molar-refractivity contribution >= 4 is 33.5 Å². The molecule has 2 aromatic rings. The molecule has 0 radical (unpaired) electrons. The molecule has 0 saturated heterocycles. The van der Waals surface area contributed by atoms with E-state index in [9.17, 15) is 9.59 Å². The molecule has 0 aromatic heterocycles. The first kappa shape index (κ1) is 19.8. The van der Waals surface area contributed by atoms with Crippen LogP contribution in [0.25, 0.3) is 0 Å². The molecule has 0 unspecified atom stereocenters. The van der Waals surface area contributed by atoms with Crippen molar-refractivity contribution in [1.29, 1.82) is 0 Å². The Labute approximate surface area is 160 Å². The van der Waals surface area contributed by atoms with Crippen LogP contribution in [0.4, 0.5) is 5.69 Å². The van der Waals surface area contributed by atoms with E-state index in [1.54, 1.807) is 37.4 Å². The van der Waals surface area contributed by atoms with E-state index in [1.165, 1.54) is 0 Å². The molecule has 1 amide bonds. The number of halogens is 1. The number of nitrogens with one attached hydrogen (secondary N) is 1. The largest absolute Gasteiger partial charge is 0.497 e. The van der Waals surface area contributed by atoms with Crippen molar-refractivity contribution in [1.82, 2.24) is 0 Å². The summed E-state index contributed by atoms with van der Waals surface area (Å²) in [5.41, 5.74) is 1.64. The van der Waals surface area contributed by atoms with E-state index >= 15 is 0 Å². The third-order valence-corrected chi connectivity index (χ3v) is 4.33. The first-order chi connectivity index (χ1) is 12.5. The highest BCUT2D eigenvalue weighted by Crippen LogP contribution is 2.20. The minimum Gasteiger partial charge on any atom is -0.497 e. The van der Waals surface area contributed by atoms with Gasteiger partial charge in [0.05, 0.1) is 20.1 Å². The molecular formula is C19H20BrNO5. The minimum absolute atomic E-state index is 0.0523. The van der Waals surface area contributed by atoms with Crippen molar-refractivity contribution in [2.45, 2.75) is 13.3 Å². The van der Waals surface area contributed by atoms with Crippen molar-refractivity contribution in [3.8, 4) is 11.5 Å². The first-order valence-electron chi connectivity index (χ1n) is 7.96. The van der Waals surface area contributed by atoms with Gasteiger partial charge in [-0.05, 0) is 55.0 Å². The summed E-state index contributed by atoms with van der Waals surface area (Å²) in [6.45, 7) is 1.75. The van der Waals surface area contributed by atoms with Crippen LogP contribution < -0.4 is 14.8 Å². The fraction of sp³-hybridized carbons (Fsp3) is 0.263. The van der Waals surface area contributed by atoms with Crippen LogP contribution in [0, 0.1) is 6.92 Å². The zero-order chi connectivity index (χ0) is 18.9. The van der Waals surface area contributed by atoms with Gasteiger partial charge < -0.3 is 19.5 Å². The van der Waals surface area contributed by atoms with Crippen molar-refractivity contribution in [3.05, 3.63) is 52.5 Å². The number of methoxy groups -OCH3 is 1. The minimum atomic E-state index is -0.499. The molecule has 0 fully saturated rings. The molecule has 7 heteroatoms. The van der Waals surface area contributed by atoms with Gasteiger partial charge in [-0.15, -0.1) is 0 Å².